The zero-order valence-corrected chi connectivity index (χ0v) is 22.9. The summed E-state index contributed by atoms with van der Waals surface area (Å²) >= 11 is 0. The number of fused-ring (bicyclic) bond motifs is 2. The molecule has 1 saturated heterocycles. The maximum Gasteiger partial charge on any atom is 0.267 e. The Labute approximate surface area is 239 Å². The monoisotopic (exact) mass is 571 g/mol. The fraction of sp³-hybridized carbons (Fsp3) is 0.241. The standard InChI is InChI=1S/C29H27F2N9O2/c1-4-26(41)34-19-13-29(30,31)15-40(14-19)25-10-7-21-27(36-25)28(33-16-32-21)35-18-5-9-24(17(2)11-18)42-20-6-8-23-22(12-20)37-38-39(23)3/h4-12,16,19H,1,13-15H2,2-3H3,(H,34,41)(H,32,33,35)/t19-/m1/s1. The van der Waals surface area contributed by atoms with E-state index in [0.717, 1.165) is 28.4 Å². The molecule has 2 aromatic carbocycles. The van der Waals surface area contributed by atoms with Gasteiger partial charge in [-0.2, -0.15) is 0 Å². The molecule has 214 valence electrons. The van der Waals surface area contributed by atoms with Crippen LogP contribution in [0, 0.1) is 6.92 Å². The Bertz CT molecular complexity index is 1820. The molecule has 42 heavy (non-hydrogen) atoms. The summed E-state index contributed by atoms with van der Waals surface area (Å²) in [5.74, 6) is -1.45. The molecule has 11 nitrogen and oxygen atoms in total. The van der Waals surface area contributed by atoms with Crippen LogP contribution in [0.3, 0.4) is 0 Å². The molecule has 6 rings (SSSR count). The van der Waals surface area contributed by atoms with E-state index in [-0.39, 0.29) is 6.54 Å². The first-order valence-electron chi connectivity index (χ1n) is 13.2. The highest BCUT2D eigenvalue weighted by Crippen LogP contribution is 2.33. The third-order valence-electron chi connectivity index (χ3n) is 6.98. The van der Waals surface area contributed by atoms with Gasteiger partial charge in [0.25, 0.3) is 5.92 Å². The number of hydrogen-bond donors (Lipinski definition) is 2. The van der Waals surface area contributed by atoms with Crippen LogP contribution in [0.1, 0.15) is 12.0 Å². The summed E-state index contributed by atoms with van der Waals surface area (Å²) in [5.41, 5.74) is 4.21. The molecular weight excluding hydrogens is 544 g/mol. The number of nitrogens with one attached hydrogen (secondary N) is 2. The van der Waals surface area contributed by atoms with Gasteiger partial charge in [0, 0.05) is 31.8 Å². The number of anilines is 3. The van der Waals surface area contributed by atoms with E-state index in [1.54, 1.807) is 16.8 Å². The number of aromatic nitrogens is 6. The van der Waals surface area contributed by atoms with Crippen molar-refractivity contribution in [2.45, 2.75) is 25.3 Å². The summed E-state index contributed by atoms with van der Waals surface area (Å²) in [4.78, 5) is 26.5. The number of pyridine rings is 1. The van der Waals surface area contributed by atoms with E-state index in [0.29, 0.717) is 34.2 Å². The molecule has 1 aliphatic heterocycles. The lowest BCUT2D eigenvalue weighted by molar-refractivity contribution is -0.118. The Morgan fingerprint density at radius 3 is 2.81 bits per heavy atom. The minimum absolute atomic E-state index is 0.175. The van der Waals surface area contributed by atoms with E-state index in [2.05, 4.69) is 42.5 Å². The number of piperidine rings is 1. The molecule has 3 aromatic heterocycles. The molecule has 2 N–H and O–H groups in total. The Morgan fingerprint density at radius 2 is 2.00 bits per heavy atom. The van der Waals surface area contributed by atoms with Crippen molar-refractivity contribution in [3.8, 4) is 11.5 Å². The molecule has 13 heteroatoms. The van der Waals surface area contributed by atoms with E-state index < -0.39 is 30.8 Å². The Morgan fingerprint density at radius 1 is 1.14 bits per heavy atom. The maximum atomic E-state index is 14.6. The summed E-state index contributed by atoms with van der Waals surface area (Å²) in [6.07, 6.45) is 2.02. The number of rotatable bonds is 7. The van der Waals surface area contributed by atoms with Gasteiger partial charge in [-0.25, -0.2) is 28.4 Å². The smallest absolute Gasteiger partial charge is 0.267 e. The van der Waals surface area contributed by atoms with Crippen molar-refractivity contribution in [2.75, 3.05) is 23.3 Å². The molecule has 1 aliphatic rings. The van der Waals surface area contributed by atoms with Crippen LogP contribution in [-0.2, 0) is 11.8 Å². The topological polar surface area (TPSA) is 123 Å². The molecular formula is C29H27F2N9O2. The van der Waals surface area contributed by atoms with E-state index in [1.807, 2.05) is 50.4 Å². The van der Waals surface area contributed by atoms with Gasteiger partial charge in [0.15, 0.2) is 5.82 Å². The fourth-order valence-electron chi connectivity index (χ4n) is 5.02. The largest absolute Gasteiger partial charge is 0.457 e. The number of nitrogens with zero attached hydrogens (tertiary/aromatic N) is 7. The van der Waals surface area contributed by atoms with Gasteiger partial charge in [-0.3, -0.25) is 4.79 Å². The molecule has 0 bridgehead atoms. The lowest BCUT2D eigenvalue weighted by Gasteiger charge is -2.38. The van der Waals surface area contributed by atoms with Crippen LogP contribution in [0.15, 0.2) is 67.5 Å². The summed E-state index contributed by atoms with van der Waals surface area (Å²) in [6.45, 7) is 4.98. The third kappa shape index (κ3) is 5.53. The Hall–Kier alpha value is -5.20. The van der Waals surface area contributed by atoms with Crippen molar-refractivity contribution in [3.05, 3.63) is 73.1 Å². The molecule has 0 aliphatic carbocycles. The van der Waals surface area contributed by atoms with E-state index in [4.69, 9.17) is 4.74 Å². The minimum atomic E-state index is -3.01. The molecule has 5 aromatic rings. The number of benzene rings is 2. The minimum Gasteiger partial charge on any atom is -0.457 e. The quantitative estimate of drug-likeness (QED) is 0.268. The predicted octanol–water partition coefficient (Wildman–Crippen LogP) is 4.67. The van der Waals surface area contributed by atoms with Gasteiger partial charge in [0.05, 0.1) is 23.6 Å². The molecule has 1 fully saturated rings. The number of carbonyl (C=O) groups excluding carboxylic acids is 1. The summed E-state index contributed by atoms with van der Waals surface area (Å²) in [7, 11) is 1.83. The normalized spacial score (nSPS) is 16.4. The van der Waals surface area contributed by atoms with Gasteiger partial charge in [-0.1, -0.05) is 11.8 Å². The second-order valence-electron chi connectivity index (χ2n) is 10.2. The Kier molecular flexibility index (Phi) is 6.85. The zero-order chi connectivity index (χ0) is 29.4. The van der Waals surface area contributed by atoms with Crippen LogP contribution >= 0.6 is 0 Å². The average Bonchev–Trinajstić information content (AvgIpc) is 3.33. The second kappa shape index (κ2) is 10.7. The number of carbonyl (C=O) groups is 1. The molecule has 1 amide bonds. The fourth-order valence-corrected chi connectivity index (χ4v) is 5.02. The van der Waals surface area contributed by atoms with Crippen molar-refractivity contribution in [1.82, 2.24) is 35.3 Å². The zero-order valence-electron chi connectivity index (χ0n) is 22.9. The van der Waals surface area contributed by atoms with Crippen molar-refractivity contribution in [1.29, 1.82) is 0 Å². The van der Waals surface area contributed by atoms with E-state index in [9.17, 15) is 13.6 Å². The van der Waals surface area contributed by atoms with Crippen molar-refractivity contribution in [2.24, 2.45) is 7.05 Å². The summed E-state index contributed by atoms with van der Waals surface area (Å²) in [6, 6.07) is 13.8. The third-order valence-corrected chi connectivity index (χ3v) is 6.98. The van der Waals surface area contributed by atoms with E-state index >= 15 is 0 Å². The number of halogens is 2. The Balaban J connectivity index is 1.23. The SMILES string of the molecule is C=CC(=O)N[C@H]1CN(c2ccc3ncnc(Nc4ccc(Oc5ccc6c(c5)nnn6C)c(C)c4)c3n2)CC(F)(F)C1. The first-order chi connectivity index (χ1) is 20.2. The highest BCUT2D eigenvalue weighted by Gasteiger charge is 2.41. The van der Waals surface area contributed by atoms with Crippen molar-refractivity contribution < 1.29 is 18.3 Å². The highest BCUT2D eigenvalue weighted by atomic mass is 19.3. The summed E-state index contributed by atoms with van der Waals surface area (Å²) in [5, 5.41) is 14.0. The molecule has 0 radical (unpaired) electrons. The van der Waals surface area contributed by atoms with Crippen LogP contribution in [0.25, 0.3) is 22.1 Å². The van der Waals surface area contributed by atoms with Gasteiger partial charge in [0.1, 0.15) is 34.7 Å². The second-order valence-corrected chi connectivity index (χ2v) is 10.2. The predicted molar refractivity (Wildman–Crippen MR) is 154 cm³/mol. The molecule has 0 unspecified atom stereocenters. The van der Waals surface area contributed by atoms with Gasteiger partial charge in [-0.15, -0.1) is 5.10 Å². The van der Waals surface area contributed by atoms with Gasteiger partial charge >= 0.3 is 0 Å². The van der Waals surface area contributed by atoms with Crippen molar-refractivity contribution >= 4 is 45.3 Å². The lowest BCUT2D eigenvalue weighted by Crippen LogP contribution is -2.55. The van der Waals surface area contributed by atoms with Crippen LogP contribution in [0.4, 0.5) is 26.1 Å². The first kappa shape index (κ1) is 27.0. The summed E-state index contributed by atoms with van der Waals surface area (Å²) < 4.78 is 37.0. The van der Waals surface area contributed by atoms with Crippen LogP contribution in [0.2, 0.25) is 0 Å². The molecule has 1 atom stereocenters. The first-order valence-corrected chi connectivity index (χ1v) is 13.2. The van der Waals surface area contributed by atoms with Gasteiger partial charge in [-0.05, 0) is 61.0 Å². The number of amides is 1. The van der Waals surface area contributed by atoms with Gasteiger partial charge < -0.3 is 20.3 Å². The molecule has 4 heterocycles. The maximum absolute atomic E-state index is 14.6. The van der Waals surface area contributed by atoms with Crippen LogP contribution in [-0.4, -0.2) is 60.9 Å². The van der Waals surface area contributed by atoms with Gasteiger partial charge in [0.2, 0.25) is 5.91 Å². The lowest BCUT2D eigenvalue weighted by atomic mass is 10.0. The number of aryl methyl sites for hydroxylation is 2. The van der Waals surface area contributed by atoms with Crippen LogP contribution in [0.5, 0.6) is 11.5 Å². The number of hydrogen-bond acceptors (Lipinski definition) is 9. The number of ether oxygens (including phenoxy) is 1. The van der Waals surface area contributed by atoms with Crippen molar-refractivity contribution in [3.63, 3.8) is 0 Å². The highest BCUT2D eigenvalue weighted by molar-refractivity contribution is 5.88. The molecule has 0 spiro atoms. The van der Waals surface area contributed by atoms with E-state index in [1.165, 1.54) is 11.2 Å². The number of alkyl halides is 2. The van der Waals surface area contributed by atoms with Crippen LogP contribution < -0.4 is 20.3 Å². The molecule has 0 saturated carbocycles. The average molecular weight is 572 g/mol.